The Morgan fingerprint density at radius 3 is 2.71 bits per heavy atom. The molecule has 3 rings (SSSR count). The fourth-order valence-electron chi connectivity index (χ4n) is 2.63. The number of halogens is 1. The van der Waals surface area contributed by atoms with Crippen LogP contribution in [0.15, 0.2) is 21.1 Å². The van der Waals surface area contributed by atoms with E-state index in [9.17, 15) is 4.79 Å². The minimum absolute atomic E-state index is 0.0784. The maximum Gasteiger partial charge on any atom is 0.174 e. The fourth-order valence-corrected chi connectivity index (χ4v) is 3.02. The molecule has 0 saturated heterocycles. The Morgan fingerprint density at radius 2 is 2.10 bits per heavy atom. The van der Waals surface area contributed by atoms with Gasteiger partial charge in [0.05, 0.1) is 22.8 Å². The second kappa shape index (κ2) is 5.15. The highest BCUT2D eigenvalue weighted by Crippen LogP contribution is 2.39. The molecule has 1 aromatic carbocycles. The van der Waals surface area contributed by atoms with Crippen molar-refractivity contribution in [2.75, 3.05) is 7.11 Å². The predicted octanol–water partition coefficient (Wildman–Crippen LogP) is 3.83. The molecular weight excluding hydrogens is 334 g/mol. The lowest BCUT2D eigenvalue weighted by atomic mass is 9.91. The smallest absolute Gasteiger partial charge is 0.174 e. The average molecular weight is 348 g/mol. The van der Waals surface area contributed by atoms with E-state index in [1.54, 1.807) is 7.11 Å². The zero-order valence-corrected chi connectivity index (χ0v) is 13.6. The summed E-state index contributed by atoms with van der Waals surface area (Å²) in [6.45, 7) is 3.78. The first kappa shape index (κ1) is 14.1. The van der Waals surface area contributed by atoms with Gasteiger partial charge in [-0.3, -0.25) is 4.79 Å². The van der Waals surface area contributed by atoms with E-state index >= 15 is 0 Å². The predicted molar refractivity (Wildman–Crippen MR) is 83.6 cm³/mol. The summed E-state index contributed by atoms with van der Waals surface area (Å²) >= 11 is 3.31. The summed E-state index contributed by atoms with van der Waals surface area (Å²) in [6.07, 6.45) is 2.23. The molecule has 4 nitrogen and oxygen atoms in total. The van der Waals surface area contributed by atoms with E-state index in [1.807, 2.05) is 32.1 Å². The molecule has 2 aromatic rings. The van der Waals surface area contributed by atoms with Crippen LogP contribution in [0.2, 0.25) is 0 Å². The lowest BCUT2D eigenvalue weighted by molar-refractivity contribution is -0.114. The standard InChI is InChI=1S/C16H14BrNO3/c1-8-16(9(2)21-18-8)12-4-10-5-13(17)14(19)6-11(10)7-15(12)20-3/h4-5,7H,6H2,1-3H3. The van der Waals surface area contributed by atoms with E-state index in [2.05, 4.69) is 21.1 Å². The Bertz CT molecular complexity index is 755. The molecule has 0 fully saturated rings. The summed E-state index contributed by atoms with van der Waals surface area (Å²) in [7, 11) is 1.62. The van der Waals surface area contributed by atoms with Crippen molar-refractivity contribution in [3.63, 3.8) is 0 Å². The molecule has 0 saturated carbocycles. The first-order valence-corrected chi connectivity index (χ1v) is 7.35. The van der Waals surface area contributed by atoms with Gasteiger partial charge in [0.1, 0.15) is 11.5 Å². The van der Waals surface area contributed by atoms with Gasteiger partial charge in [-0.25, -0.2) is 0 Å². The van der Waals surface area contributed by atoms with Crippen molar-refractivity contribution in [1.29, 1.82) is 0 Å². The minimum atomic E-state index is 0.0784. The summed E-state index contributed by atoms with van der Waals surface area (Å²) in [4.78, 5) is 11.8. The second-order valence-corrected chi connectivity index (χ2v) is 5.90. The summed E-state index contributed by atoms with van der Waals surface area (Å²) in [5, 5.41) is 4.00. The number of nitrogens with zero attached hydrogens (tertiary/aromatic N) is 1. The van der Waals surface area contributed by atoms with Gasteiger partial charge in [-0.05, 0) is 59.1 Å². The zero-order valence-electron chi connectivity index (χ0n) is 12.0. The van der Waals surface area contributed by atoms with Gasteiger partial charge in [-0.2, -0.15) is 0 Å². The molecule has 108 valence electrons. The van der Waals surface area contributed by atoms with Crippen LogP contribution in [0, 0.1) is 13.8 Å². The van der Waals surface area contributed by atoms with E-state index in [4.69, 9.17) is 9.26 Å². The fraction of sp³-hybridized carbons (Fsp3) is 0.250. The van der Waals surface area contributed by atoms with E-state index in [0.717, 1.165) is 39.5 Å². The van der Waals surface area contributed by atoms with Crippen molar-refractivity contribution in [2.24, 2.45) is 0 Å². The van der Waals surface area contributed by atoms with Crippen molar-refractivity contribution >= 4 is 27.8 Å². The Kier molecular flexibility index (Phi) is 3.45. The SMILES string of the molecule is COc1cc2c(cc1-c1c(C)noc1C)C=C(Br)C(=O)C2. The number of allylic oxidation sites excluding steroid dienone is 1. The molecule has 0 unspecified atom stereocenters. The Balaban J connectivity index is 2.25. The lowest BCUT2D eigenvalue weighted by Gasteiger charge is -2.17. The van der Waals surface area contributed by atoms with Crippen LogP contribution < -0.4 is 4.74 Å². The van der Waals surface area contributed by atoms with Crippen LogP contribution in [0.1, 0.15) is 22.6 Å². The van der Waals surface area contributed by atoms with Crippen LogP contribution in [-0.2, 0) is 11.2 Å². The Labute approximate surface area is 130 Å². The van der Waals surface area contributed by atoms with Crippen molar-refractivity contribution < 1.29 is 14.1 Å². The number of rotatable bonds is 2. The molecule has 5 heteroatoms. The van der Waals surface area contributed by atoms with Gasteiger partial charge in [-0.1, -0.05) is 5.16 Å². The molecule has 21 heavy (non-hydrogen) atoms. The lowest BCUT2D eigenvalue weighted by Crippen LogP contribution is -2.09. The average Bonchev–Trinajstić information content (AvgIpc) is 2.78. The number of ketones is 1. The normalized spacial score (nSPS) is 13.9. The van der Waals surface area contributed by atoms with Gasteiger partial charge < -0.3 is 9.26 Å². The molecule has 1 aliphatic rings. The number of aryl methyl sites for hydroxylation is 2. The highest BCUT2D eigenvalue weighted by atomic mass is 79.9. The number of carbonyl (C=O) groups excluding carboxylic acids is 1. The van der Waals surface area contributed by atoms with E-state index < -0.39 is 0 Å². The summed E-state index contributed by atoms with van der Waals surface area (Å²) < 4.78 is 11.3. The number of hydrogen-bond acceptors (Lipinski definition) is 4. The molecule has 0 bridgehead atoms. The third-order valence-electron chi connectivity index (χ3n) is 3.66. The third kappa shape index (κ3) is 2.31. The molecule has 0 amide bonds. The molecule has 0 atom stereocenters. The topological polar surface area (TPSA) is 52.3 Å². The monoisotopic (exact) mass is 347 g/mol. The summed E-state index contributed by atoms with van der Waals surface area (Å²) in [6, 6.07) is 3.94. The molecule has 0 aliphatic heterocycles. The van der Waals surface area contributed by atoms with E-state index in [1.165, 1.54) is 0 Å². The quantitative estimate of drug-likeness (QED) is 0.828. The van der Waals surface area contributed by atoms with Crippen molar-refractivity contribution in [2.45, 2.75) is 20.3 Å². The van der Waals surface area contributed by atoms with Gasteiger partial charge in [-0.15, -0.1) is 0 Å². The van der Waals surface area contributed by atoms with Gasteiger partial charge >= 0.3 is 0 Å². The maximum absolute atomic E-state index is 11.8. The first-order chi connectivity index (χ1) is 10.0. The number of benzene rings is 1. The first-order valence-electron chi connectivity index (χ1n) is 6.55. The van der Waals surface area contributed by atoms with Crippen molar-refractivity contribution in [3.8, 4) is 16.9 Å². The number of fused-ring (bicyclic) bond motifs is 1. The Hall–Kier alpha value is -1.88. The summed E-state index contributed by atoms with van der Waals surface area (Å²) in [5.74, 6) is 1.55. The van der Waals surface area contributed by atoms with Gasteiger partial charge in [0.25, 0.3) is 0 Å². The second-order valence-electron chi connectivity index (χ2n) is 5.04. The molecule has 0 N–H and O–H groups in total. The molecule has 1 aromatic heterocycles. The highest BCUT2D eigenvalue weighted by Gasteiger charge is 2.22. The van der Waals surface area contributed by atoms with Crippen LogP contribution in [0.4, 0.5) is 0 Å². The third-order valence-corrected chi connectivity index (χ3v) is 4.33. The molecule has 0 radical (unpaired) electrons. The largest absolute Gasteiger partial charge is 0.496 e. The van der Waals surface area contributed by atoms with Crippen LogP contribution >= 0.6 is 15.9 Å². The molecular formula is C16H14BrNO3. The Morgan fingerprint density at radius 1 is 1.33 bits per heavy atom. The minimum Gasteiger partial charge on any atom is -0.496 e. The molecule has 0 spiro atoms. The van der Waals surface area contributed by atoms with Crippen LogP contribution in [0.5, 0.6) is 5.75 Å². The van der Waals surface area contributed by atoms with Gasteiger partial charge in [0.2, 0.25) is 0 Å². The molecule has 1 aliphatic carbocycles. The maximum atomic E-state index is 11.8. The number of carbonyl (C=O) groups is 1. The van der Waals surface area contributed by atoms with E-state index in [0.29, 0.717) is 10.9 Å². The molecule has 1 heterocycles. The van der Waals surface area contributed by atoms with Gasteiger partial charge in [0, 0.05) is 12.0 Å². The number of Topliss-reactive ketones (excluding diaryl/α,β-unsaturated/α-hetero) is 1. The van der Waals surface area contributed by atoms with Crippen LogP contribution in [0.25, 0.3) is 17.2 Å². The van der Waals surface area contributed by atoms with Crippen LogP contribution in [-0.4, -0.2) is 18.0 Å². The number of aromatic nitrogens is 1. The summed E-state index contributed by atoms with van der Waals surface area (Å²) in [5.41, 5.74) is 4.67. The van der Waals surface area contributed by atoms with Gasteiger partial charge in [0.15, 0.2) is 5.78 Å². The zero-order chi connectivity index (χ0) is 15.1. The highest BCUT2D eigenvalue weighted by molar-refractivity contribution is 9.12. The van der Waals surface area contributed by atoms with Crippen molar-refractivity contribution in [1.82, 2.24) is 5.16 Å². The number of ether oxygens (including phenoxy) is 1. The van der Waals surface area contributed by atoms with E-state index in [-0.39, 0.29) is 5.78 Å². The van der Waals surface area contributed by atoms with Crippen LogP contribution in [0.3, 0.4) is 0 Å². The van der Waals surface area contributed by atoms with Crippen molar-refractivity contribution in [3.05, 3.63) is 39.2 Å². The number of hydrogen-bond donors (Lipinski definition) is 0. The number of methoxy groups -OCH3 is 1.